The fourth-order valence-corrected chi connectivity index (χ4v) is 3.22. The number of aliphatic hydroxyl groups excluding tert-OH is 1. The molecule has 1 aromatic heterocycles. The molecule has 0 radical (unpaired) electrons. The summed E-state index contributed by atoms with van der Waals surface area (Å²) in [5.74, 6) is 0.128. The number of hydrogen-bond donors (Lipinski definition) is 1. The maximum Gasteiger partial charge on any atom is 0.124 e. The second kappa shape index (κ2) is 5.11. The van der Waals surface area contributed by atoms with Crippen LogP contribution in [0.5, 0.6) is 0 Å². The third-order valence-electron chi connectivity index (χ3n) is 3.29. The molecule has 0 bridgehead atoms. The fourth-order valence-electron chi connectivity index (χ4n) is 2.21. The van der Waals surface area contributed by atoms with Crippen LogP contribution in [0.2, 0.25) is 0 Å². The van der Waals surface area contributed by atoms with Gasteiger partial charge in [-0.15, -0.1) is 11.3 Å². The van der Waals surface area contributed by atoms with Crippen molar-refractivity contribution in [1.29, 1.82) is 0 Å². The van der Waals surface area contributed by atoms with Crippen LogP contribution >= 0.6 is 11.3 Å². The minimum Gasteiger partial charge on any atom is -0.396 e. The van der Waals surface area contributed by atoms with Gasteiger partial charge in [0.2, 0.25) is 0 Å². The van der Waals surface area contributed by atoms with Crippen molar-refractivity contribution in [2.75, 3.05) is 6.61 Å². The molecule has 0 amide bonds. The third-order valence-corrected chi connectivity index (χ3v) is 4.36. The summed E-state index contributed by atoms with van der Waals surface area (Å²) >= 11 is 1.70. The molecule has 19 heavy (non-hydrogen) atoms. The molecular formula is C16H15NOS. The molecule has 0 aliphatic carbocycles. The van der Waals surface area contributed by atoms with Crippen molar-refractivity contribution in [2.45, 2.75) is 12.8 Å². The van der Waals surface area contributed by atoms with Gasteiger partial charge in [0.05, 0.1) is 10.2 Å². The summed E-state index contributed by atoms with van der Waals surface area (Å²) in [7, 11) is 0. The van der Waals surface area contributed by atoms with E-state index in [1.807, 2.05) is 37.3 Å². The Bertz CT molecular complexity index is 672. The van der Waals surface area contributed by atoms with Crippen LogP contribution in [-0.2, 0) is 0 Å². The van der Waals surface area contributed by atoms with Crippen LogP contribution < -0.4 is 0 Å². The van der Waals surface area contributed by atoms with Crippen LogP contribution in [0.4, 0.5) is 0 Å². The molecule has 2 aromatic carbocycles. The summed E-state index contributed by atoms with van der Waals surface area (Å²) < 4.78 is 1.20. The van der Waals surface area contributed by atoms with Crippen LogP contribution in [-0.4, -0.2) is 16.7 Å². The van der Waals surface area contributed by atoms with E-state index in [0.717, 1.165) is 21.7 Å². The van der Waals surface area contributed by atoms with Crippen molar-refractivity contribution in [3.63, 3.8) is 0 Å². The largest absolute Gasteiger partial charge is 0.396 e. The first-order chi connectivity index (χ1) is 9.29. The minimum absolute atomic E-state index is 0.128. The van der Waals surface area contributed by atoms with E-state index in [2.05, 4.69) is 18.2 Å². The SMILES string of the molecule is CC(CO)c1ccccc1-c1nc2ccccc2s1. The van der Waals surface area contributed by atoms with Crippen LogP contribution in [0.3, 0.4) is 0 Å². The molecule has 0 aliphatic rings. The van der Waals surface area contributed by atoms with Crippen LogP contribution in [0.1, 0.15) is 18.4 Å². The van der Waals surface area contributed by atoms with E-state index in [-0.39, 0.29) is 12.5 Å². The summed E-state index contributed by atoms with van der Waals surface area (Å²) in [4.78, 5) is 4.70. The number of rotatable bonds is 3. The quantitative estimate of drug-likeness (QED) is 0.778. The molecule has 3 heteroatoms. The Morgan fingerprint density at radius 3 is 2.63 bits per heavy atom. The first-order valence-corrected chi connectivity index (χ1v) is 7.17. The molecule has 0 saturated carbocycles. The summed E-state index contributed by atoms with van der Waals surface area (Å²) in [5.41, 5.74) is 3.32. The van der Waals surface area contributed by atoms with Gasteiger partial charge < -0.3 is 5.11 Å². The highest BCUT2D eigenvalue weighted by Crippen LogP contribution is 2.34. The Kier molecular flexibility index (Phi) is 3.32. The smallest absolute Gasteiger partial charge is 0.124 e. The molecule has 0 fully saturated rings. The number of fused-ring (bicyclic) bond motifs is 1. The highest BCUT2D eigenvalue weighted by molar-refractivity contribution is 7.21. The van der Waals surface area contributed by atoms with E-state index in [1.54, 1.807) is 11.3 Å². The zero-order valence-electron chi connectivity index (χ0n) is 10.7. The Hall–Kier alpha value is -1.71. The van der Waals surface area contributed by atoms with Gasteiger partial charge in [0.25, 0.3) is 0 Å². The molecule has 3 rings (SSSR count). The molecule has 0 aliphatic heterocycles. The van der Waals surface area contributed by atoms with E-state index in [4.69, 9.17) is 4.98 Å². The van der Waals surface area contributed by atoms with E-state index in [0.29, 0.717) is 0 Å². The molecule has 0 saturated heterocycles. The van der Waals surface area contributed by atoms with Crippen molar-refractivity contribution < 1.29 is 5.11 Å². The number of benzene rings is 2. The normalized spacial score (nSPS) is 12.7. The molecule has 3 aromatic rings. The summed E-state index contributed by atoms with van der Waals surface area (Å²) in [5, 5.41) is 10.4. The monoisotopic (exact) mass is 269 g/mol. The second-order valence-corrected chi connectivity index (χ2v) is 5.69. The molecule has 0 spiro atoms. The predicted octanol–water partition coefficient (Wildman–Crippen LogP) is 4.06. The Morgan fingerprint density at radius 2 is 1.84 bits per heavy atom. The van der Waals surface area contributed by atoms with Crippen molar-refractivity contribution in [3.8, 4) is 10.6 Å². The zero-order valence-corrected chi connectivity index (χ0v) is 11.5. The van der Waals surface area contributed by atoms with Gasteiger partial charge in [0, 0.05) is 18.1 Å². The zero-order chi connectivity index (χ0) is 13.2. The number of thiazole rings is 1. The summed E-state index contributed by atoms with van der Waals surface area (Å²) in [6, 6.07) is 16.4. The van der Waals surface area contributed by atoms with Crippen molar-refractivity contribution >= 4 is 21.6 Å². The van der Waals surface area contributed by atoms with Crippen LogP contribution in [0, 0.1) is 0 Å². The van der Waals surface area contributed by atoms with Crippen LogP contribution in [0.15, 0.2) is 48.5 Å². The van der Waals surface area contributed by atoms with E-state index in [1.165, 1.54) is 4.70 Å². The number of nitrogens with zero attached hydrogens (tertiary/aromatic N) is 1. The summed E-state index contributed by atoms with van der Waals surface area (Å²) in [6.45, 7) is 2.19. The maximum absolute atomic E-state index is 9.38. The van der Waals surface area contributed by atoms with Gasteiger partial charge in [0.15, 0.2) is 0 Å². The van der Waals surface area contributed by atoms with Gasteiger partial charge in [-0.25, -0.2) is 4.98 Å². The fraction of sp³-hybridized carbons (Fsp3) is 0.188. The minimum atomic E-state index is 0.128. The first kappa shape index (κ1) is 12.3. The highest BCUT2D eigenvalue weighted by atomic mass is 32.1. The number of para-hydroxylation sites is 1. The third kappa shape index (κ3) is 2.27. The maximum atomic E-state index is 9.38. The van der Waals surface area contributed by atoms with Crippen molar-refractivity contribution in [3.05, 3.63) is 54.1 Å². The number of aromatic nitrogens is 1. The average molecular weight is 269 g/mol. The number of aliphatic hydroxyl groups is 1. The van der Waals surface area contributed by atoms with E-state index in [9.17, 15) is 5.11 Å². The topological polar surface area (TPSA) is 33.1 Å². The lowest BCUT2D eigenvalue weighted by atomic mass is 9.97. The van der Waals surface area contributed by atoms with Crippen molar-refractivity contribution in [2.24, 2.45) is 0 Å². The molecule has 96 valence electrons. The molecule has 1 unspecified atom stereocenters. The standard InChI is InChI=1S/C16H15NOS/c1-11(10-18)12-6-2-3-7-13(12)16-17-14-8-4-5-9-15(14)19-16/h2-9,11,18H,10H2,1H3. The van der Waals surface area contributed by atoms with Crippen LogP contribution in [0.25, 0.3) is 20.8 Å². The Morgan fingerprint density at radius 1 is 1.11 bits per heavy atom. The highest BCUT2D eigenvalue weighted by Gasteiger charge is 2.13. The van der Waals surface area contributed by atoms with Gasteiger partial charge >= 0.3 is 0 Å². The molecule has 1 heterocycles. The first-order valence-electron chi connectivity index (χ1n) is 6.35. The van der Waals surface area contributed by atoms with Gasteiger partial charge in [0.1, 0.15) is 5.01 Å². The summed E-state index contributed by atoms with van der Waals surface area (Å²) in [6.07, 6.45) is 0. The lowest BCUT2D eigenvalue weighted by Gasteiger charge is -2.12. The van der Waals surface area contributed by atoms with Crippen molar-refractivity contribution in [1.82, 2.24) is 4.98 Å². The number of hydrogen-bond acceptors (Lipinski definition) is 3. The average Bonchev–Trinajstić information content (AvgIpc) is 2.90. The molecule has 2 nitrogen and oxygen atoms in total. The predicted molar refractivity (Wildman–Crippen MR) is 80.6 cm³/mol. The lowest BCUT2D eigenvalue weighted by molar-refractivity contribution is 0.273. The Labute approximate surface area is 116 Å². The van der Waals surface area contributed by atoms with Gasteiger partial charge in [-0.3, -0.25) is 0 Å². The van der Waals surface area contributed by atoms with E-state index >= 15 is 0 Å². The van der Waals surface area contributed by atoms with Gasteiger partial charge in [-0.05, 0) is 17.7 Å². The second-order valence-electron chi connectivity index (χ2n) is 4.66. The lowest BCUT2D eigenvalue weighted by Crippen LogP contribution is -2.00. The van der Waals surface area contributed by atoms with Gasteiger partial charge in [-0.2, -0.15) is 0 Å². The van der Waals surface area contributed by atoms with Gasteiger partial charge in [-0.1, -0.05) is 43.3 Å². The molecule has 1 N–H and O–H groups in total. The molecular weight excluding hydrogens is 254 g/mol. The van der Waals surface area contributed by atoms with E-state index < -0.39 is 0 Å². The Balaban J connectivity index is 2.15. The molecule has 1 atom stereocenters.